The Bertz CT molecular complexity index is 397. The van der Waals surface area contributed by atoms with Gasteiger partial charge in [-0.1, -0.05) is 11.6 Å². The Labute approximate surface area is 99.4 Å². The number of nitrogens with two attached hydrogens (primary N) is 1. The molecular weight excluding hydrogens is 226 g/mol. The number of primary amides is 1. The third kappa shape index (κ3) is 2.27. The van der Waals surface area contributed by atoms with Crippen LogP contribution in [0.3, 0.4) is 0 Å². The molecule has 0 radical (unpaired) electrons. The molecule has 86 valence electrons. The van der Waals surface area contributed by atoms with E-state index in [9.17, 15) is 4.79 Å². The average molecular weight is 240 g/mol. The Balaban J connectivity index is 2.26. The number of carbonyl (C=O) groups is 1. The van der Waals surface area contributed by atoms with E-state index in [1.165, 1.54) is 0 Å². The molecule has 1 amide bonds. The topological polar surface area (TPSA) is 59.2 Å². The van der Waals surface area contributed by atoms with E-state index < -0.39 is 0 Å². The lowest BCUT2D eigenvalue weighted by Gasteiger charge is -2.35. The molecule has 0 bridgehead atoms. The highest BCUT2D eigenvalue weighted by molar-refractivity contribution is 6.29. The van der Waals surface area contributed by atoms with Gasteiger partial charge in [0.1, 0.15) is 11.2 Å². The van der Waals surface area contributed by atoms with E-state index in [0.29, 0.717) is 5.15 Å². The average Bonchev–Trinajstić information content (AvgIpc) is 2.29. The van der Waals surface area contributed by atoms with Gasteiger partial charge >= 0.3 is 0 Å². The highest BCUT2D eigenvalue weighted by Gasteiger charge is 2.27. The summed E-state index contributed by atoms with van der Waals surface area (Å²) < 4.78 is 0. The van der Waals surface area contributed by atoms with Crippen LogP contribution in [0.15, 0.2) is 18.3 Å². The third-order valence-corrected chi connectivity index (χ3v) is 3.08. The Morgan fingerprint density at radius 3 is 3.06 bits per heavy atom. The van der Waals surface area contributed by atoms with Crippen molar-refractivity contribution in [3.05, 3.63) is 23.5 Å². The lowest BCUT2D eigenvalue weighted by Crippen LogP contribution is -2.47. The van der Waals surface area contributed by atoms with Crippen LogP contribution < -0.4 is 10.6 Å². The zero-order chi connectivity index (χ0) is 11.5. The largest absolute Gasteiger partial charge is 0.368 e. The Hall–Kier alpha value is -1.29. The van der Waals surface area contributed by atoms with Crippen molar-refractivity contribution in [3.63, 3.8) is 0 Å². The molecule has 2 rings (SSSR count). The molecule has 2 heterocycles. The zero-order valence-corrected chi connectivity index (χ0v) is 9.65. The molecule has 0 spiro atoms. The van der Waals surface area contributed by atoms with Gasteiger partial charge in [0.25, 0.3) is 0 Å². The highest BCUT2D eigenvalue weighted by Crippen LogP contribution is 2.25. The van der Waals surface area contributed by atoms with E-state index in [1.54, 1.807) is 12.3 Å². The van der Waals surface area contributed by atoms with E-state index >= 15 is 0 Å². The molecule has 0 aromatic carbocycles. The molecule has 16 heavy (non-hydrogen) atoms. The molecule has 0 aliphatic carbocycles. The van der Waals surface area contributed by atoms with Crippen LogP contribution in [0, 0.1) is 0 Å². The molecule has 1 aromatic heterocycles. The van der Waals surface area contributed by atoms with Crippen LogP contribution in [-0.2, 0) is 4.79 Å². The van der Waals surface area contributed by atoms with Gasteiger partial charge in [0.15, 0.2) is 0 Å². The first kappa shape index (κ1) is 11.2. The predicted molar refractivity (Wildman–Crippen MR) is 63.4 cm³/mol. The van der Waals surface area contributed by atoms with E-state index in [2.05, 4.69) is 4.98 Å². The normalized spacial score (nSPS) is 20.8. The van der Waals surface area contributed by atoms with Crippen molar-refractivity contribution in [3.8, 4) is 0 Å². The van der Waals surface area contributed by atoms with Crippen LogP contribution in [0.2, 0.25) is 5.15 Å². The smallest absolute Gasteiger partial charge is 0.240 e. The summed E-state index contributed by atoms with van der Waals surface area (Å²) in [5.74, 6) is -0.271. The summed E-state index contributed by atoms with van der Waals surface area (Å²) in [6.07, 6.45) is 4.58. The van der Waals surface area contributed by atoms with Crippen molar-refractivity contribution < 1.29 is 4.79 Å². The second-order valence-corrected chi connectivity index (χ2v) is 4.33. The number of amides is 1. The molecular formula is C11H14ClN3O. The van der Waals surface area contributed by atoms with Crippen molar-refractivity contribution in [2.45, 2.75) is 25.3 Å². The van der Waals surface area contributed by atoms with Gasteiger partial charge in [-0.05, 0) is 31.4 Å². The molecule has 4 nitrogen and oxygen atoms in total. The summed E-state index contributed by atoms with van der Waals surface area (Å²) in [6.45, 7) is 0.841. The maximum atomic E-state index is 11.4. The number of rotatable bonds is 2. The molecule has 1 saturated heterocycles. The van der Waals surface area contributed by atoms with Gasteiger partial charge in [-0.2, -0.15) is 0 Å². The van der Waals surface area contributed by atoms with E-state index in [4.69, 9.17) is 17.3 Å². The van der Waals surface area contributed by atoms with Crippen molar-refractivity contribution in [2.75, 3.05) is 11.4 Å². The fourth-order valence-electron chi connectivity index (χ4n) is 2.11. The lowest BCUT2D eigenvalue weighted by atomic mass is 10.0. The third-order valence-electron chi connectivity index (χ3n) is 2.87. The zero-order valence-electron chi connectivity index (χ0n) is 8.90. The SMILES string of the molecule is NC(=O)C1CCCCN1c1ccnc(Cl)c1. The molecule has 2 N–H and O–H groups in total. The van der Waals surface area contributed by atoms with Gasteiger partial charge in [0, 0.05) is 18.4 Å². The molecule has 1 aliphatic rings. The molecule has 5 heteroatoms. The molecule has 1 fully saturated rings. The maximum absolute atomic E-state index is 11.4. The number of hydrogen-bond donors (Lipinski definition) is 1. The first-order valence-corrected chi connectivity index (χ1v) is 5.74. The summed E-state index contributed by atoms with van der Waals surface area (Å²) in [5, 5.41) is 0.436. The number of hydrogen-bond acceptors (Lipinski definition) is 3. The monoisotopic (exact) mass is 239 g/mol. The summed E-state index contributed by atoms with van der Waals surface area (Å²) in [5.41, 5.74) is 6.32. The highest BCUT2D eigenvalue weighted by atomic mass is 35.5. The van der Waals surface area contributed by atoms with Crippen molar-refractivity contribution in [1.29, 1.82) is 0 Å². The lowest BCUT2D eigenvalue weighted by molar-refractivity contribution is -0.119. The van der Waals surface area contributed by atoms with E-state index in [1.807, 2.05) is 11.0 Å². The Morgan fingerprint density at radius 2 is 2.38 bits per heavy atom. The van der Waals surface area contributed by atoms with Crippen LogP contribution in [0.4, 0.5) is 5.69 Å². The maximum Gasteiger partial charge on any atom is 0.240 e. The number of piperidine rings is 1. The molecule has 1 atom stereocenters. The van der Waals surface area contributed by atoms with E-state index in [-0.39, 0.29) is 11.9 Å². The van der Waals surface area contributed by atoms with Crippen LogP contribution in [0.1, 0.15) is 19.3 Å². The number of anilines is 1. The van der Waals surface area contributed by atoms with Crippen molar-refractivity contribution in [1.82, 2.24) is 4.98 Å². The minimum Gasteiger partial charge on any atom is -0.368 e. The van der Waals surface area contributed by atoms with E-state index in [0.717, 1.165) is 31.5 Å². The van der Waals surface area contributed by atoms with Crippen LogP contribution in [-0.4, -0.2) is 23.5 Å². The number of aromatic nitrogens is 1. The Morgan fingerprint density at radius 1 is 1.56 bits per heavy atom. The molecule has 1 unspecified atom stereocenters. The van der Waals surface area contributed by atoms with Gasteiger partial charge in [-0.25, -0.2) is 4.98 Å². The fraction of sp³-hybridized carbons (Fsp3) is 0.455. The predicted octanol–water partition coefficient (Wildman–Crippen LogP) is 1.58. The number of halogens is 1. The number of pyridine rings is 1. The van der Waals surface area contributed by atoms with Gasteiger partial charge < -0.3 is 10.6 Å². The van der Waals surface area contributed by atoms with Crippen LogP contribution >= 0.6 is 11.6 Å². The quantitative estimate of drug-likeness (QED) is 0.798. The summed E-state index contributed by atoms with van der Waals surface area (Å²) in [6, 6.07) is 3.41. The first-order chi connectivity index (χ1) is 7.68. The van der Waals surface area contributed by atoms with Gasteiger partial charge in [0.05, 0.1) is 0 Å². The molecule has 0 saturated carbocycles. The first-order valence-electron chi connectivity index (χ1n) is 5.36. The molecule has 1 aliphatic heterocycles. The standard InChI is InChI=1S/C11H14ClN3O/c12-10-7-8(4-5-14-10)15-6-2-1-3-9(15)11(13)16/h4-5,7,9H,1-3,6H2,(H2,13,16). The van der Waals surface area contributed by atoms with Gasteiger partial charge in [0.2, 0.25) is 5.91 Å². The second-order valence-electron chi connectivity index (χ2n) is 3.94. The summed E-state index contributed by atoms with van der Waals surface area (Å²) >= 11 is 5.84. The van der Waals surface area contributed by atoms with Crippen LogP contribution in [0.25, 0.3) is 0 Å². The van der Waals surface area contributed by atoms with Gasteiger partial charge in [-0.15, -0.1) is 0 Å². The molecule has 1 aromatic rings. The summed E-state index contributed by atoms with van der Waals surface area (Å²) in [4.78, 5) is 17.3. The van der Waals surface area contributed by atoms with Crippen molar-refractivity contribution >= 4 is 23.2 Å². The second kappa shape index (κ2) is 4.70. The fourth-order valence-corrected chi connectivity index (χ4v) is 2.28. The Kier molecular flexibility index (Phi) is 3.29. The minimum atomic E-state index is -0.271. The van der Waals surface area contributed by atoms with Crippen molar-refractivity contribution in [2.24, 2.45) is 5.73 Å². The van der Waals surface area contributed by atoms with Gasteiger partial charge in [-0.3, -0.25) is 4.79 Å². The van der Waals surface area contributed by atoms with Crippen LogP contribution in [0.5, 0.6) is 0 Å². The number of nitrogens with zero attached hydrogens (tertiary/aromatic N) is 2. The summed E-state index contributed by atoms with van der Waals surface area (Å²) in [7, 11) is 0. The minimum absolute atomic E-state index is 0.216. The number of carbonyl (C=O) groups excluding carboxylic acids is 1.